The van der Waals surface area contributed by atoms with Gasteiger partial charge >= 0.3 is 0 Å². The molecule has 0 atom stereocenters. The monoisotopic (exact) mass is 606 g/mol. The third kappa shape index (κ3) is 3.95. The van der Waals surface area contributed by atoms with Gasteiger partial charge in [0.1, 0.15) is 0 Å². The van der Waals surface area contributed by atoms with E-state index in [9.17, 15) is 0 Å². The minimum Gasteiger partial charge on any atom is -0.278 e. The number of benzene rings is 6. The predicted octanol–water partition coefficient (Wildman–Crippen LogP) is 10.2. The highest BCUT2D eigenvalue weighted by Crippen LogP contribution is 2.35. The molecule has 0 bridgehead atoms. The second-order valence-corrected chi connectivity index (χ2v) is 11.3. The third-order valence-electron chi connectivity index (χ3n) is 8.94. The van der Waals surface area contributed by atoms with Gasteiger partial charge in [-0.2, -0.15) is 15.0 Å². The van der Waals surface area contributed by atoms with Crippen LogP contribution in [0.1, 0.15) is 13.8 Å². The largest absolute Gasteiger partial charge is 0.278 e. The van der Waals surface area contributed by atoms with Crippen molar-refractivity contribution < 1.29 is 0 Å². The predicted molar refractivity (Wildman–Crippen MR) is 194 cm³/mol. The van der Waals surface area contributed by atoms with Crippen LogP contribution in [0.25, 0.3) is 83.3 Å². The highest BCUT2D eigenvalue weighted by Gasteiger charge is 2.22. The van der Waals surface area contributed by atoms with Crippen LogP contribution in [0, 0.1) is 0 Å². The summed E-state index contributed by atoms with van der Waals surface area (Å²) in [6.07, 6.45) is 0. The number of para-hydroxylation sites is 6. The smallest absolute Gasteiger partial charge is 0.241 e. The van der Waals surface area contributed by atoms with Gasteiger partial charge in [-0.15, -0.1) is 0 Å². The Morgan fingerprint density at radius 3 is 0.638 bits per heavy atom. The van der Waals surface area contributed by atoms with Gasteiger partial charge in [0.25, 0.3) is 0 Å². The summed E-state index contributed by atoms with van der Waals surface area (Å²) in [7, 11) is 0. The zero-order valence-electron chi connectivity index (χ0n) is 26.0. The van der Waals surface area contributed by atoms with Crippen LogP contribution in [0.2, 0.25) is 0 Å². The molecule has 6 aromatic carbocycles. The van der Waals surface area contributed by atoms with E-state index >= 15 is 0 Å². The number of rotatable bonds is 3. The average Bonchev–Trinajstić information content (AvgIpc) is 3.78. The fourth-order valence-corrected chi connectivity index (χ4v) is 7.06. The first-order valence-electron chi connectivity index (χ1n) is 16.1. The lowest BCUT2D eigenvalue weighted by Crippen LogP contribution is -2.13. The zero-order valence-corrected chi connectivity index (χ0v) is 26.0. The highest BCUT2D eigenvalue weighted by molar-refractivity contribution is 6.11. The molecule has 0 N–H and O–H groups in total. The molecule has 0 fully saturated rings. The Bertz CT molecular complexity index is 2300. The minimum atomic E-state index is 0.566. The molecule has 6 nitrogen and oxygen atoms in total. The van der Waals surface area contributed by atoms with E-state index in [1.165, 1.54) is 0 Å². The molecule has 6 heteroatoms. The van der Waals surface area contributed by atoms with Gasteiger partial charge < -0.3 is 0 Å². The van der Waals surface area contributed by atoms with Gasteiger partial charge in [-0.3, -0.25) is 13.7 Å². The lowest BCUT2D eigenvalue weighted by Gasteiger charge is -2.14. The highest BCUT2D eigenvalue weighted by atomic mass is 15.3. The standard InChI is InChI=1S/C39H24N6.C2H6/c1-7-19-31-25(13-1)26-14-2-8-20-32(26)43(31)37-40-38(44-33-21-9-3-15-27(33)28-16-4-10-22-34(28)44)42-39(41-37)45-35-23-11-5-17-29(35)30-18-6-12-24-36(30)45;1-2/h1-24H;1-2H3. The van der Waals surface area contributed by atoms with Crippen molar-refractivity contribution in [3.63, 3.8) is 0 Å². The SMILES string of the molecule is CC.c1ccc2c(c1)c1ccccc1n2-c1nc(-n2c3ccccc3c3ccccc32)nc(-n2c3ccccc3c3ccccc32)n1. The van der Waals surface area contributed by atoms with Gasteiger partial charge in [-0.25, -0.2) is 0 Å². The zero-order chi connectivity index (χ0) is 31.5. The summed E-state index contributed by atoms with van der Waals surface area (Å²) in [5.41, 5.74) is 6.28. The van der Waals surface area contributed by atoms with Gasteiger partial charge in [0.2, 0.25) is 17.8 Å². The van der Waals surface area contributed by atoms with E-state index in [0.29, 0.717) is 17.8 Å². The molecule has 0 aliphatic heterocycles. The topological polar surface area (TPSA) is 53.5 Å². The maximum atomic E-state index is 5.28. The fraction of sp³-hybridized carbons (Fsp3) is 0.0488. The molecule has 0 aliphatic rings. The van der Waals surface area contributed by atoms with E-state index in [1.807, 2.05) is 13.8 Å². The van der Waals surface area contributed by atoms with Gasteiger partial charge in [0.05, 0.1) is 33.1 Å². The van der Waals surface area contributed by atoms with E-state index in [-0.39, 0.29) is 0 Å². The summed E-state index contributed by atoms with van der Waals surface area (Å²) >= 11 is 0. The van der Waals surface area contributed by atoms with Crippen molar-refractivity contribution in [1.29, 1.82) is 0 Å². The maximum Gasteiger partial charge on any atom is 0.241 e. The van der Waals surface area contributed by atoms with Crippen molar-refractivity contribution in [3.05, 3.63) is 146 Å². The Kier molecular flexibility index (Phi) is 6.15. The summed E-state index contributed by atoms with van der Waals surface area (Å²) in [6, 6.07) is 50.7. The number of hydrogen-bond acceptors (Lipinski definition) is 3. The summed E-state index contributed by atoms with van der Waals surface area (Å²) in [5.74, 6) is 1.70. The molecule has 0 saturated carbocycles. The second-order valence-electron chi connectivity index (χ2n) is 11.3. The molecule has 47 heavy (non-hydrogen) atoms. The number of fused-ring (bicyclic) bond motifs is 9. The number of hydrogen-bond donors (Lipinski definition) is 0. The van der Waals surface area contributed by atoms with Crippen LogP contribution in [-0.4, -0.2) is 28.7 Å². The molecular weight excluding hydrogens is 576 g/mol. The number of nitrogens with zero attached hydrogens (tertiary/aromatic N) is 6. The lowest BCUT2D eigenvalue weighted by molar-refractivity contribution is 0.848. The quantitative estimate of drug-likeness (QED) is 0.201. The van der Waals surface area contributed by atoms with Crippen LogP contribution < -0.4 is 0 Å². The van der Waals surface area contributed by atoms with Gasteiger partial charge in [-0.05, 0) is 36.4 Å². The Morgan fingerprint density at radius 1 is 0.277 bits per heavy atom. The van der Waals surface area contributed by atoms with Crippen LogP contribution in [0.3, 0.4) is 0 Å². The first-order chi connectivity index (χ1) is 23.3. The molecule has 0 unspecified atom stereocenters. The molecule has 0 radical (unpaired) electrons. The van der Waals surface area contributed by atoms with Crippen molar-refractivity contribution in [1.82, 2.24) is 28.7 Å². The third-order valence-corrected chi connectivity index (χ3v) is 8.94. The Morgan fingerprint density at radius 2 is 0.447 bits per heavy atom. The van der Waals surface area contributed by atoms with Crippen molar-refractivity contribution >= 4 is 65.4 Å². The van der Waals surface area contributed by atoms with Crippen LogP contribution in [0.4, 0.5) is 0 Å². The molecule has 0 amide bonds. The molecule has 4 aromatic heterocycles. The Labute approximate surface area is 270 Å². The van der Waals surface area contributed by atoms with E-state index in [4.69, 9.17) is 15.0 Å². The van der Waals surface area contributed by atoms with Crippen molar-refractivity contribution in [2.24, 2.45) is 0 Å². The van der Waals surface area contributed by atoms with E-state index in [1.54, 1.807) is 0 Å². The molecule has 0 aliphatic carbocycles. The molecule has 4 heterocycles. The molecule has 224 valence electrons. The number of aromatic nitrogens is 6. The van der Waals surface area contributed by atoms with Crippen LogP contribution in [-0.2, 0) is 0 Å². The normalized spacial score (nSPS) is 11.6. The van der Waals surface area contributed by atoms with Gasteiger partial charge in [0, 0.05) is 32.3 Å². The summed E-state index contributed by atoms with van der Waals surface area (Å²) < 4.78 is 6.50. The van der Waals surface area contributed by atoms with Crippen molar-refractivity contribution in [3.8, 4) is 17.8 Å². The van der Waals surface area contributed by atoms with Crippen LogP contribution >= 0.6 is 0 Å². The molecule has 0 saturated heterocycles. The second kappa shape index (κ2) is 10.7. The van der Waals surface area contributed by atoms with Crippen LogP contribution in [0.15, 0.2) is 146 Å². The Balaban J connectivity index is 0.00000149. The summed E-state index contributed by atoms with van der Waals surface area (Å²) in [6.45, 7) is 4.00. The van der Waals surface area contributed by atoms with E-state index in [2.05, 4.69) is 159 Å². The van der Waals surface area contributed by atoms with E-state index in [0.717, 1.165) is 65.4 Å². The average molecular weight is 607 g/mol. The van der Waals surface area contributed by atoms with Crippen molar-refractivity contribution in [2.45, 2.75) is 13.8 Å². The van der Waals surface area contributed by atoms with Crippen molar-refractivity contribution in [2.75, 3.05) is 0 Å². The lowest BCUT2D eigenvalue weighted by atomic mass is 10.2. The first-order valence-corrected chi connectivity index (χ1v) is 16.1. The fourth-order valence-electron chi connectivity index (χ4n) is 7.06. The van der Waals surface area contributed by atoms with Gasteiger partial charge in [-0.1, -0.05) is 123 Å². The molecule has 10 rings (SSSR count). The summed E-state index contributed by atoms with van der Waals surface area (Å²) in [5, 5.41) is 6.95. The first kappa shape index (κ1) is 27.1. The van der Waals surface area contributed by atoms with Gasteiger partial charge in [0.15, 0.2) is 0 Å². The minimum absolute atomic E-state index is 0.566. The molecule has 0 spiro atoms. The van der Waals surface area contributed by atoms with Crippen LogP contribution in [0.5, 0.6) is 0 Å². The summed E-state index contributed by atoms with van der Waals surface area (Å²) in [4.78, 5) is 15.8. The maximum absolute atomic E-state index is 5.28. The molecule has 10 aromatic rings. The Hall–Kier alpha value is -6.27. The van der Waals surface area contributed by atoms with E-state index < -0.39 is 0 Å². The molecular formula is C41H30N6.